The summed E-state index contributed by atoms with van der Waals surface area (Å²) in [4.78, 5) is 21.1. The van der Waals surface area contributed by atoms with Gasteiger partial charge in [-0.05, 0) is 5.92 Å². The maximum Gasteiger partial charge on any atom is 2.00 e. The second kappa shape index (κ2) is 20.6. The fourth-order valence-electron chi connectivity index (χ4n) is 2.73. The van der Waals surface area contributed by atoms with Crippen LogP contribution < -0.4 is 0 Å². The summed E-state index contributed by atoms with van der Waals surface area (Å²) in [6, 6.07) is 0.142. The molecule has 0 aromatic heterocycles. The molecule has 0 bridgehead atoms. The van der Waals surface area contributed by atoms with E-state index in [1.165, 1.54) is 19.3 Å². The molecular formula is C16H32NO8PPt. The van der Waals surface area contributed by atoms with Crippen molar-refractivity contribution in [3.05, 3.63) is 12.7 Å². The second-order valence-corrected chi connectivity index (χ2v) is 6.57. The van der Waals surface area contributed by atoms with Crippen LogP contribution in [0.2, 0.25) is 0 Å². The molecule has 1 rings (SSSR count). The van der Waals surface area contributed by atoms with Crippen molar-refractivity contribution >= 4 is 21.0 Å². The van der Waals surface area contributed by atoms with Crippen molar-refractivity contribution in [2.45, 2.75) is 64.8 Å². The molecule has 0 aromatic carbocycles. The van der Waals surface area contributed by atoms with Crippen LogP contribution in [0, 0.1) is 24.7 Å². The fraction of sp³-hybridized carbons (Fsp3) is 0.812. The predicted octanol–water partition coefficient (Wildman–Crippen LogP) is 4.50. The van der Waals surface area contributed by atoms with Gasteiger partial charge in [0.1, 0.15) is 0 Å². The minimum atomic E-state index is -1.04. The Morgan fingerprint density at radius 2 is 1.63 bits per heavy atom. The SMILES string of the molecule is CCC(CC)C(CC(=O)O)C(=O)O.OOPOO.[CH2-]C1CCCCC1[NH-].[Pt+2]. The van der Waals surface area contributed by atoms with E-state index in [0.29, 0.717) is 18.8 Å². The van der Waals surface area contributed by atoms with Crippen molar-refractivity contribution in [1.82, 2.24) is 0 Å². The molecule has 1 aliphatic rings. The third-order valence-electron chi connectivity index (χ3n) is 4.31. The molecule has 0 spiro atoms. The summed E-state index contributed by atoms with van der Waals surface area (Å²) in [7, 11) is -0.691. The van der Waals surface area contributed by atoms with Crippen molar-refractivity contribution in [2.24, 2.45) is 17.8 Å². The average Bonchev–Trinajstić information content (AvgIpc) is 2.59. The zero-order valence-corrected chi connectivity index (χ0v) is 19.0. The summed E-state index contributed by atoms with van der Waals surface area (Å²) < 4.78 is 6.49. The summed E-state index contributed by atoms with van der Waals surface area (Å²) in [6.07, 6.45) is 5.94. The zero-order valence-electron chi connectivity index (χ0n) is 15.7. The van der Waals surface area contributed by atoms with Gasteiger partial charge in [0.2, 0.25) is 9.03 Å². The normalized spacial score (nSPS) is 19.5. The van der Waals surface area contributed by atoms with Gasteiger partial charge in [-0.2, -0.15) is 21.3 Å². The van der Waals surface area contributed by atoms with Gasteiger partial charge < -0.3 is 22.9 Å². The summed E-state index contributed by atoms with van der Waals surface area (Å²) in [6.45, 7) is 7.65. The maximum absolute atomic E-state index is 10.7. The standard InChI is InChI=1S/C9H16O4.C7H13N.H3O4P.Pt/c1-3-6(4-2)7(9(12)13)5-8(10)11;1-6-4-2-3-5-7(6)8;1-3-5-4-2;/h6-7H,3-5H2,1-2H3,(H,10,11)(H,12,13);6-8H,1-5H2;1-2,5H;/q;-2;;+2. The van der Waals surface area contributed by atoms with Gasteiger partial charge in [0, 0.05) is 0 Å². The predicted molar refractivity (Wildman–Crippen MR) is 98.6 cm³/mol. The summed E-state index contributed by atoms with van der Waals surface area (Å²) in [5.41, 5.74) is 7.42. The van der Waals surface area contributed by atoms with Crippen molar-refractivity contribution in [2.75, 3.05) is 0 Å². The van der Waals surface area contributed by atoms with E-state index in [4.69, 9.17) is 26.5 Å². The number of nitrogens with one attached hydrogen (secondary N) is 1. The number of carboxylic acid groups (broad SMARTS) is 2. The first-order valence-corrected chi connectivity index (χ1v) is 9.41. The molecule has 11 heteroatoms. The van der Waals surface area contributed by atoms with E-state index >= 15 is 0 Å². The molecular weight excluding hydrogens is 560 g/mol. The quantitative estimate of drug-likeness (QED) is 0.139. The number of aliphatic carboxylic acids is 2. The molecule has 0 aliphatic heterocycles. The van der Waals surface area contributed by atoms with Crippen LogP contribution in [0.4, 0.5) is 0 Å². The van der Waals surface area contributed by atoms with E-state index in [-0.39, 0.29) is 39.4 Å². The third kappa shape index (κ3) is 17.7. The first-order chi connectivity index (χ1) is 12.2. The molecule has 0 amide bonds. The molecule has 27 heavy (non-hydrogen) atoms. The van der Waals surface area contributed by atoms with Crippen LogP contribution in [0.15, 0.2) is 0 Å². The van der Waals surface area contributed by atoms with E-state index in [0.717, 1.165) is 6.42 Å². The molecule has 1 aliphatic carbocycles. The van der Waals surface area contributed by atoms with Crippen LogP contribution in [-0.4, -0.2) is 38.7 Å². The van der Waals surface area contributed by atoms with Crippen molar-refractivity contribution in [3.8, 4) is 0 Å². The minimum Gasteiger partial charge on any atom is -0.677 e. The van der Waals surface area contributed by atoms with Crippen LogP contribution in [0.3, 0.4) is 0 Å². The van der Waals surface area contributed by atoms with Gasteiger partial charge in [-0.25, -0.2) is 10.5 Å². The molecule has 1 fully saturated rings. The summed E-state index contributed by atoms with van der Waals surface area (Å²) in [5.74, 6) is -2.40. The van der Waals surface area contributed by atoms with Gasteiger partial charge in [-0.1, -0.05) is 52.4 Å². The topological polar surface area (TPSA) is 157 Å². The Balaban J connectivity index is -0.000000350. The van der Waals surface area contributed by atoms with Crippen LogP contribution in [0.25, 0.3) is 5.73 Å². The van der Waals surface area contributed by atoms with Crippen LogP contribution >= 0.6 is 9.03 Å². The van der Waals surface area contributed by atoms with Crippen LogP contribution in [0.5, 0.6) is 0 Å². The Hall–Kier alpha value is -0.142. The molecule has 0 saturated heterocycles. The van der Waals surface area contributed by atoms with Gasteiger partial charge in [-0.3, -0.25) is 9.59 Å². The maximum atomic E-state index is 10.7. The van der Waals surface area contributed by atoms with E-state index in [2.05, 4.69) is 16.3 Å². The smallest absolute Gasteiger partial charge is 0.677 e. The van der Waals surface area contributed by atoms with E-state index in [1.807, 2.05) is 13.8 Å². The third-order valence-corrected chi connectivity index (χ3v) is 4.46. The van der Waals surface area contributed by atoms with Gasteiger partial charge in [-0.15, -0.1) is 0 Å². The Morgan fingerprint density at radius 1 is 1.15 bits per heavy atom. The van der Waals surface area contributed by atoms with Gasteiger partial charge in [0.15, 0.2) is 0 Å². The van der Waals surface area contributed by atoms with Gasteiger partial charge in [0.05, 0.1) is 12.3 Å². The molecule has 1 saturated carbocycles. The van der Waals surface area contributed by atoms with Crippen molar-refractivity contribution in [1.29, 1.82) is 0 Å². The van der Waals surface area contributed by atoms with E-state index in [9.17, 15) is 9.59 Å². The number of carboxylic acids is 2. The number of carbonyl (C=O) groups is 2. The molecule has 9 nitrogen and oxygen atoms in total. The number of hydrogen-bond donors (Lipinski definition) is 4. The summed E-state index contributed by atoms with van der Waals surface area (Å²) in [5, 5.41) is 31.9. The fourth-order valence-corrected chi connectivity index (χ4v) is 2.76. The first-order valence-electron chi connectivity index (χ1n) is 8.59. The zero-order chi connectivity index (χ0) is 20.5. The largest absolute Gasteiger partial charge is 2.00 e. The van der Waals surface area contributed by atoms with Crippen molar-refractivity contribution in [3.63, 3.8) is 0 Å². The Bertz CT molecular complexity index is 362. The first kappa shape index (κ1) is 31.6. The molecule has 0 heterocycles. The van der Waals surface area contributed by atoms with Gasteiger partial charge in [0.25, 0.3) is 0 Å². The van der Waals surface area contributed by atoms with Crippen molar-refractivity contribution < 1.29 is 60.7 Å². The molecule has 5 N–H and O–H groups in total. The second-order valence-electron chi connectivity index (χ2n) is 6.04. The molecule has 3 atom stereocenters. The molecule has 3 unspecified atom stereocenters. The molecule has 164 valence electrons. The Labute approximate surface area is 177 Å². The van der Waals surface area contributed by atoms with Crippen LogP contribution in [-0.2, 0) is 40.0 Å². The molecule has 0 radical (unpaired) electrons. The Kier molecular flexibility index (Phi) is 24.1. The summed E-state index contributed by atoms with van der Waals surface area (Å²) >= 11 is 0. The Morgan fingerprint density at radius 3 is 1.85 bits per heavy atom. The average molecular weight is 592 g/mol. The number of hydrogen-bond acceptors (Lipinski definition) is 6. The number of rotatable bonds is 8. The monoisotopic (exact) mass is 592 g/mol. The van der Waals surface area contributed by atoms with Gasteiger partial charge >= 0.3 is 33.0 Å². The van der Waals surface area contributed by atoms with E-state index in [1.54, 1.807) is 0 Å². The van der Waals surface area contributed by atoms with Crippen LogP contribution in [0.1, 0.15) is 58.8 Å². The van der Waals surface area contributed by atoms with E-state index < -0.39 is 26.9 Å². The minimum absolute atomic E-state index is 0. The molecule has 0 aromatic rings.